The Balaban J connectivity index is 1.88. The minimum Gasteiger partial charge on any atom is -0.480 e. The number of carbonyl (C=O) groups excluding carboxylic acids is 1. The number of amides is 1. The highest BCUT2D eigenvalue weighted by atomic mass is 35.5. The van der Waals surface area contributed by atoms with Gasteiger partial charge in [0.05, 0.1) is 22.2 Å². The summed E-state index contributed by atoms with van der Waals surface area (Å²) in [6.45, 7) is 2.64. The molecule has 1 saturated carbocycles. The van der Waals surface area contributed by atoms with Gasteiger partial charge in [-0.3, -0.25) is 14.5 Å². The number of aliphatic carboxylic acids is 1. The van der Waals surface area contributed by atoms with Crippen LogP contribution in [0.1, 0.15) is 30.1 Å². The van der Waals surface area contributed by atoms with Gasteiger partial charge in [-0.25, -0.2) is 0 Å². The van der Waals surface area contributed by atoms with E-state index in [-0.39, 0.29) is 29.6 Å². The first-order valence-electron chi connectivity index (χ1n) is 7.13. The summed E-state index contributed by atoms with van der Waals surface area (Å²) >= 11 is 11.9. The van der Waals surface area contributed by atoms with Crippen molar-refractivity contribution in [3.8, 4) is 0 Å². The van der Waals surface area contributed by atoms with Crippen LogP contribution in [0.15, 0.2) is 18.2 Å². The molecule has 0 spiro atoms. The number of carboxylic acid groups (broad SMARTS) is 1. The maximum absolute atomic E-state index is 12.2. The van der Waals surface area contributed by atoms with Crippen LogP contribution < -0.4 is 5.32 Å². The molecule has 0 heterocycles. The fourth-order valence-electron chi connectivity index (χ4n) is 2.62. The summed E-state index contributed by atoms with van der Waals surface area (Å²) in [6.07, 6.45) is 1.48. The third-order valence-electron chi connectivity index (χ3n) is 3.91. The lowest BCUT2D eigenvalue weighted by Gasteiger charge is -2.42. The van der Waals surface area contributed by atoms with Crippen LogP contribution in [0.25, 0.3) is 0 Å². The fraction of sp³-hybridized carbons (Fsp3) is 0.467. The van der Waals surface area contributed by atoms with Gasteiger partial charge in [-0.15, -0.1) is 0 Å². The van der Waals surface area contributed by atoms with Crippen molar-refractivity contribution in [3.63, 3.8) is 0 Å². The third-order valence-corrected chi connectivity index (χ3v) is 4.72. The van der Waals surface area contributed by atoms with Crippen LogP contribution in [0.4, 0.5) is 0 Å². The number of carbonyl (C=O) groups is 2. The van der Waals surface area contributed by atoms with Crippen LogP contribution in [0, 0.1) is 0 Å². The van der Waals surface area contributed by atoms with Crippen molar-refractivity contribution in [2.24, 2.45) is 0 Å². The molecule has 120 valence electrons. The maximum atomic E-state index is 12.2. The molecule has 1 aliphatic rings. The average molecular weight is 345 g/mol. The van der Waals surface area contributed by atoms with Crippen LogP contribution in [-0.4, -0.2) is 47.1 Å². The van der Waals surface area contributed by atoms with Gasteiger partial charge in [0.1, 0.15) is 0 Å². The van der Waals surface area contributed by atoms with Crippen LogP contribution in [-0.2, 0) is 4.79 Å². The van der Waals surface area contributed by atoms with E-state index in [1.54, 1.807) is 18.2 Å². The average Bonchev–Trinajstić information content (AvgIpc) is 2.42. The third kappa shape index (κ3) is 3.91. The molecule has 0 unspecified atom stereocenters. The maximum Gasteiger partial charge on any atom is 0.317 e. The van der Waals surface area contributed by atoms with Crippen molar-refractivity contribution in [2.45, 2.75) is 31.8 Å². The van der Waals surface area contributed by atoms with Crippen molar-refractivity contribution in [2.75, 3.05) is 13.1 Å². The number of benzene rings is 1. The first kappa shape index (κ1) is 17.1. The molecule has 0 aromatic heterocycles. The normalized spacial score (nSPS) is 20.5. The Morgan fingerprint density at radius 3 is 2.64 bits per heavy atom. The number of likely N-dealkylation sites (N-methyl/N-ethyl adjacent to an activating group) is 1. The Labute approximate surface area is 139 Å². The van der Waals surface area contributed by atoms with Gasteiger partial charge in [0.25, 0.3) is 5.91 Å². The standard InChI is InChI=1S/C15H18Cl2N2O3/c1-2-19(8-13(20)21)10-6-9(7-10)18-15(22)11-4-3-5-12(16)14(11)17/h3-5,9-10H,2,6-8H2,1H3,(H,18,22)(H,20,21). The molecule has 0 atom stereocenters. The molecule has 2 rings (SSSR count). The Kier molecular flexibility index (Phi) is 5.67. The van der Waals surface area contributed by atoms with E-state index in [1.165, 1.54) is 0 Å². The van der Waals surface area contributed by atoms with E-state index in [1.807, 2.05) is 11.8 Å². The molecular weight excluding hydrogens is 327 g/mol. The highest BCUT2D eigenvalue weighted by Gasteiger charge is 2.35. The number of halogens is 2. The predicted octanol–water partition coefficient (Wildman–Crippen LogP) is 2.66. The van der Waals surface area contributed by atoms with E-state index < -0.39 is 5.97 Å². The van der Waals surface area contributed by atoms with Gasteiger partial charge in [-0.1, -0.05) is 36.2 Å². The first-order chi connectivity index (χ1) is 10.4. The Morgan fingerprint density at radius 1 is 1.36 bits per heavy atom. The summed E-state index contributed by atoms with van der Waals surface area (Å²) < 4.78 is 0. The van der Waals surface area contributed by atoms with Crippen molar-refractivity contribution >= 4 is 35.1 Å². The van der Waals surface area contributed by atoms with Gasteiger partial charge in [-0.05, 0) is 31.5 Å². The summed E-state index contributed by atoms with van der Waals surface area (Å²) in [7, 11) is 0. The van der Waals surface area contributed by atoms with Crippen LogP contribution in [0.2, 0.25) is 10.0 Å². The van der Waals surface area contributed by atoms with Crippen LogP contribution >= 0.6 is 23.2 Å². The van der Waals surface area contributed by atoms with E-state index in [4.69, 9.17) is 28.3 Å². The van der Waals surface area contributed by atoms with E-state index >= 15 is 0 Å². The second-order valence-corrected chi connectivity index (χ2v) is 6.14. The first-order valence-corrected chi connectivity index (χ1v) is 7.88. The molecule has 0 aliphatic heterocycles. The number of rotatable bonds is 6. The Morgan fingerprint density at radius 2 is 2.05 bits per heavy atom. The predicted molar refractivity (Wildman–Crippen MR) is 85.6 cm³/mol. The van der Waals surface area contributed by atoms with Crippen molar-refractivity contribution in [1.82, 2.24) is 10.2 Å². The second-order valence-electron chi connectivity index (χ2n) is 5.35. The molecule has 1 amide bonds. The molecule has 1 fully saturated rings. The quantitative estimate of drug-likeness (QED) is 0.832. The zero-order valence-corrected chi connectivity index (χ0v) is 13.7. The van der Waals surface area contributed by atoms with Gasteiger partial charge < -0.3 is 10.4 Å². The summed E-state index contributed by atoms with van der Waals surface area (Å²) in [4.78, 5) is 24.9. The summed E-state index contributed by atoms with van der Waals surface area (Å²) in [6, 6.07) is 5.17. The lowest BCUT2D eigenvalue weighted by atomic mass is 9.85. The number of nitrogens with one attached hydrogen (secondary N) is 1. The molecule has 22 heavy (non-hydrogen) atoms. The monoisotopic (exact) mass is 344 g/mol. The van der Waals surface area contributed by atoms with E-state index in [9.17, 15) is 9.59 Å². The van der Waals surface area contributed by atoms with Crippen molar-refractivity contribution in [1.29, 1.82) is 0 Å². The van der Waals surface area contributed by atoms with Crippen molar-refractivity contribution < 1.29 is 14.7 Å². The van der Waals surface area contributed by atoms with Gasteiger partial charge in [0, 0.05) is 12.1 Å². The molecule has 1 aromatic carbocycles. The SMILES string of the molecule is CCN(CC(=O)O)C1CC(NC(=O)c2cccc(Cl)c2Cl)C1. The fourth-order valence-corrected chi connectivity index (χ4v) is 3.01. The van der Waals surface area contributed by atoms with Crippen molar-refractivity contribution in [3.05, 3.63) is 33.8 Å². The summed E-state index contributed by atoms with van der Waals surface area (Å²) in [5.74, 6) is -1.09. The molecule has 0 saturated heterocycles. The van der Waals surface area contributed by atoms with Crippen LogP contribution in [0.3, 0.4) is 0 Å². The molecule has 2 N–H and O–H groups in total. The number of hydrogen-bond acceptors (Lipinski definition) is 3. The summed E-state index contributed by atoms with van der Waals surface area (Å²) in [5, 5.41) is 12.4. The molecular formula is C15H18Cl2N2O3. The largest absolute Gasteiger partial charge is 0.480 e. The Bertz CT molecular complexity index is 574. The second kappa shape index (κ2) is 7.31. The molecule has 1 aliphatic carbocycles. The number of nitrogens with zero attached hydrogens (tertiary/aromatic N) is 1. The minimum absolute atomic E-state index is 0.0297. The minimum atomic E-state index is -0.833. The van der Waals surface area contributed by atoms with Gasteiger partial charge >= 0.3 is 5.97 Å². The van der Waals surface area contributed by atoms with E-state index in [2.05, 4.69) is 5.32 Å². The Hall–Kier alpha value is -1.30. The molecule has 0 radical (unpaired) electrons. The zero-order valence-electron chi connectivity index (χ0n) is 12.2. The zero-order chi connectivity index (χ0) is 16.3. The topological polar surface area (TPSA) is 69.6 Å². The number of hydrogen-bond donors (Lipinski definition) is 2. The van der Waals surface area contributed by atoms with Gasteiger partial charge in [0.15, 0.2) is 0 Å². The molecule has 5 nitrogen and oxygen atoms in total. The highest BCUT2D eigenvalue weighted by Crippen LogP contribution is 2.28. The molecule has 0 bridgehead atoms. The van der Waals surface area contributed by atoms with Gasteiger partial charge in [-0.2, -0.15) is 0 Å². The molecule has 1 aromatic rings. The lowest BCUT2D eigenvalue weighted by Crippen LogP contribution is -2.54. The lowest BCUT2D eigenvalue weighted by molar-refractivity contribution is -0.139. The number of carboxylic acids is 1. The highest BCUT2D eigenvalue weighted by molar-refractivity contribution is 6.43. The smallest absolute Gasteiger partial charge is 0.317 e. The van der Waals surface area contributed by atoms with Gasteiger partial charge in [0.2, 0.25) is 0 Å². The molecule has 7 heteroatoms. The summed E-state index contributed by atoms with van der Waals surface area (Å²) in [5.41, 5.74) is 0.357. The van der Waals surface area contributed by atoms with E-state index in [0.29, 0.717) is 17.1 Å². The van der Waals surface area contributed by atoms with E-state index in [0.717, 1.165) is 12.8 Å². The van der Waals surface area contributed by atoms with Crippen LogP contribution in [0.5, 0.6) is 0 Å².